The predicted octanol–water partition coefficient (Wildman–Crippen LogP) is 4.22. The fraction of sp³-hybridized carbons (Fsp3) is 0.231. The maximum Gasteiger partial charge on any atom is 0.274 e. The molecular weight excluding hydrogens is 501 g/mol. The van der Waals surface area contributed by atoms with Crippen LogP contribution in [0, 0.1) is 0 Å². The second kappa shape index (κ2) is 11.9. The van der Waals surface area contributed by atoms with Crippen LogP contribution in [0.15, 0.2) is 72.1 Å². The molecule has 1 aliphatic rings. The van der Waals surface area contributed by atoms with E-state index in [1.54, 1.807) is 42.3 Å². The number of rotatable bonds is 7. The van der Waals surface area contributed by atoms with Gasteiger partial charge in [0.15, 0.2) is 0 Å². The number of hydrogen-bond donors (Lipinski definition) is 0. The number of carbonyl (C=O) groups excluding carboxylic acids is 2. The normalized spacial score (nSPS) is 13.6. The van der Waals surface area contributed by atoms with Crippen LogP contribution >= 0.6 is 23.2 Å². The maximum atomic E-state index is 13.2. The van der Waals surface area contributed by atoms with Gasteiger partial charge in [-0.1, -0.05) is 41.4 Å². The van der Waals surface area contributed by atoms with Crippen molar-refractivity contribution in [1.82, 2.24) is 14.9 Å². The highest BCUT2D eigenvalue weighted by atomic mass is 35.5. The third-order valence-electron chi connectivity index (χ3n) is 5.80. The molecular formula is C26H25Cl2N5O3. The van der Waals surface area contributed by atoms with E-state index < -0.39 is 5.91 Å². The summed E-state index contributed by atoms with van der Waals surface area (Å²) in [5.74, 6) is 0.178. The second-order valence-corrected chi connectivity index (χ2v) is 8.89. The molecule has 2 aromatic carbocycles. The van der Waals surface area contributed by atoms with Gasteiger partial charge in [0.2, 0.25) is 5.91 Å². The van der Waals surface area contributed by atoms with Gasteiger partial charge in [0.1, 0.15) is 12.3 Å². The number of anilines is 1. The van der Waals surface area contributed by atoms with Crippen molar-refractivity contribution in [2.75, 3.05) is 44.7 Å². The van der Waals surface area contributed by atoms with Crippen molar-refractivity contribution in [2.45, 2.75) is 0 Å². The number of hydrogen-bond acceptors (Lipinski definition) is 6. The molecule has 1 aliphatic heterocycles. The van der Waals surface area contributed by atoms with E-state index >= 15 is 0 Å². The molecule has 0 spiro atoms. The Morgan fingerprint density at radius 1 is 1.06 bits per heavy atom. The first-order valence-corrected chi connectivity index (χ1v) is 12.1. The fourth-order valence-corrected chi connectivity index (χ4v) is 4.32. The Labute approximate surface area is 219 Å². The van der Waals surface area contributed by atoms with Crippen molar-refractivity contribution < 1.29 is 14.3 Å². The van der Waals surface area contributed by atoms with Crippen LogP contribution in [-0.2, 0) is 4.79 Å². The first-order valence-electron chi connectivity index (χ1n) is 11.3. The number of benzene rings is 2. The van der Waals surface area contributed by atoms with E-state index in [1.807, 2.05) is 24.3 Å². The van der Waals surface area contributed by atoms with Crippen molar-refractivity contribution in [3.05, 3.63) is 88.2 Å². The number of amides is 2. The largest absolute Gasteiger partial charge is 0.495 e. The molecule has 0 bridgehead atoms. The molecule has 0 aliphatic carbocycles. The lowest BCUT2D eigenvalue weighted by Gasteiger charge is -2.37. The van der Waals surface area contributed by atoms with Crippen LogP contribution < -0.4 is 9.64 Å². The number of piperazine rings is 1. The molecule has 0 N–H and O–H groups in total. The van der Waals surface area contributed by atoms with E-state index in [9.17, 15) is 9.59 Å². The Morgan fingerprint density at radius 2 is 1.78 bits per heavy atom. The summed E-state index contributed by atoms with van der Waals surface area (Å²) in [5.41, 5.74) is 1.94. The van der Waals surface area contributed by atoms with E-state index in [2.05, 4.69) is 15.0 Å². The number of ether oxygens (including phenoxy) is 1. The molecule has 8 nitrogen and oxygen atoms in total. The van der Waals surface area contributed by atoms with E-state index in [0.29, 0.717) is 47.4 Å². The Morgan fingerprint density at radius 3 is 2.47 bits per heavy atom. The summed E-state index contributed by atoms with van der Waals surface area (Å²) < 4.78 is 5.47. The van der Waals surface area contributed by atoms with Crippen molar-refractivity contribution in [1.29, 1.82) is 0 Å². The highest BCUT2D eigenvalue weighted by Gasteiger charge is 2.26. The van der Waals surface area contributed by atoms with Crippen LogP contribution in [0.1, 0.15) is 15.9 Å². The zero-order chi connectivity index (χ0) is 25.5. The van der Waals surface area contributed by atoms with Gasteiger partial charge < -0.3 is 14.5 Å². The van der Waals surface area contributed by atoms with Gasteiger partial charge in [0.05, 0.1) is 24.0 Å². The molecule has 1 fully saturated rings. The molecule has 2 amide bonds. The molecule has 0 radical (unpaired) electrons. The predicted molar refractivity (Wildman–Crippen MR) is 141 cm³/mol. The summed E-state index contributed by atoms with van der Waals surface area (Å²) >= 11 is 12.2. The quantitative estimate of drug-likeness (QED) is 0.340. The van der Waals surface area contributed by atoms with Crippen LogP contribution in [0.4, 0.5) is 5.69 Å². The van der Waals surface area contributed by atoms with Gasteiger partial charge in [-0.2, -0.15) is 5.10 Å². The molecule has 186 valence electrons. The van der Waals surface area contributed by atoms with Crippen LogP contribution in [0.25, 0.3) is 0 Å². The van der Waals surface area contributed by atoms with Crippen molar-refractivity contribution in [3.8, 4) is 5.75 Å². The summed E-state index contributed by atoms with van der Waals surface area (Å²) in [4.78, 5) is 34.2. The minimum atomic E-state index is -0.417. The Kier molecular flexibility index (Phi) is 8.40. The smallest absolute Gasteiger partial charge is 0.274 e. The third kappa shape index (κ3) is 6.13. The topological polar surface area (TPSA) is 78.3 Å². The van der Waals surface area contributed by atoms with Gasteiger partial charge >= 0.3 is 0 Å². The SMILES string of the molecule is COc1ccccc1N1CCN(C(=O)CN(/N=C/c2ccc(Cl)cc2Cl)C(=O)c2ccncc2)CC1. The molecule has 36 heavy (non-hydrogen) atoms. The zero-order valence-electron chi connectivity index (χ0n) is 19.7. The highest BCUT2D eigenvalue weighted by Crippen LogP contribution is 2.28. The summed E-state index contributed by atoms with van der Waals surface area (Å²) in [6.07, 6.45) is 4.48. The fourth-order valence-electron chi connectivity index (χ4n) is 3.86. The third-order valence-corrected chi connectivity index (χ3v) is 6.37. The molecule has 4 rings (SSSR count). The Hall–Kier alpha value is -3.62. The van der Waals surface area contributed by atoms with E-state index in [0.717, 1.165) is 16.4 Å². The van der Waals surface area contributed by atoms with Gasteiger partial charge in [0.25, 0.3) is 5.91 Å². The van der Waals surface area contributed by atoms with E-state index in [4.69, 9.17) is 27.9 Å². The zero-order valence-corrected chi connectivity index (χ0v) is 21.2. The van der Waals surface area contributed by atoms with Crippen LogP contribution in [-0.4, -0.2) is 72.8 Å². The van der Waals surface area contributed by atoms with Crippen LogP contribution in [0.2, 0.25) is 10.0 Å². The van der Waals surface area contributed by atoms with Crippen molar-refractivity contribution in [2.24, 2.45) is 5.10 Å². The monoisotopic (exact) mass is 525 g/mol. The molecule has 10 heteroatoms. The Balaban J connectivity index is 1.47. The number of hydrazone groups is 1. The first-order chi connectivity index (χ1) is 17.5. The van der Waals surface area contributed by atoms with Gasteiger partial charge in [-0.3, -0.25) is 14.6 Å². The van der Waals surface area contributed by atoms with Gasteiger partial charge in [0, 0.05) is 54.7 Å². The van der Waals surface area contributed by atoms with Crippen molar-refractivity contribution >= 4 is 46.9 Å². The molecule has 3 aromatic rings. The minimum absolute atomic E-state index is 0.198. The van der Waals surface area contributed by atoms with Crippen LogP contribution in [0.5, 0.6) is 5.75 Å². The molecule has 2 heterocycles. The first kappa shape index (κ1) is 25.5. The number of carbonyl (C=O) groups is 2. The van der Waals surface area contributed by atoms with Gasteiger partial charge in [-0.05, 0) is 36.4 Å². The number of halogens is 2. The summed E-state index contributed by atoms with van der Waals surface area (Å²) in [7, 11) is 1.64. The number of aromatic nitrogens is 1. The number of para-hydroxylation sites is 2. The van der Waals surface area contributed by atoms with Crippen LogP contribution in [0.3, 0.4) is 0 Å². The minimum Gasteiger partial charge on any atom is -0.495 e. The molecule has 0 unspecified atom stereocenters. The lowest BCUT2D eigenvalue weighted by Crippen LogP contribution is -2.51. The summed E-state index contributed by atoms with van der Waals surface area (Å²) in [6, 6.07) is 15.9. The molecule has 1 saturated heterocycles. The van der Waals surface area contributed by atoms with Gasteiger partial charge in [-0.25, -0.2) is 5.01 Å². The highest BCUT2D eigenvalue weighted by molar-refractivity contribution is 6.36. The van der Waals surface area contributed by atoms with Gasteiger partial charge in [-0.15, -0.1) is 0 Å². The maximum absolute atomic E-state index is 13.2. The van der Waals surface area contributed by atoms with E-state index in [1.165, 1.54) is 18.6 Å². The lowest BCUT2D eigenvalue weighted by atomic mass is 10.2. The lowest BCUT2D eigenvalue weighted by molar-refractivity contribution is -0.132. The Bertz CT molecular complexity index is 1250. The average Bonchev–Trinajstić information content (AvgIpc) is 2.92. The number of nitrogens with zero attached hydrogens (tertiary/aromatic N) is 5. The van der Waals surface area contributed by atoms with Crippen molar-refractivity contribution in [3.63, 3.8) is 0 Å². The molecule has 0 atom stereocenters. The molecule has 0 saturated carbocycles. The standard InChI is InChI=1S/C26H25Cl2N5O3/c1-36-24-5-3-2-4-23(24)31-12-14-32(15-13-31)25(34)18-33(26(35)19-8-10-29-11-9-19)30-17-20-6-7-21(27)16-22(20)28/h2-11,16-17H,12-15,18H2,1H3/b30-17+. The average molecular weight is 526 g/mol. The summed E-state index contributed by atoms with van der Waals surface area (Å²) in [5, 5.41) is 6.35. The summed E-state index contributed by atoms with van der Waals surface area (Å²) in [6.45, 7) is 2.11. The van der Waals surface area contributed by atoms with E-state index in [-0.39, 0.29) is 12.5 Å². The number of pyridine rings is 1. The number of methoxy groups -OCH3 is 1. The second-order valence-electron chi connectivity index (χ2n) is 8.05. The molecule has 1 aromatic heterocycles.